The number of aryl methyl sites for hydroxylation is 2. The number of hydrogen-bond acceptors (Lipinski definition) is 0. The van der Waals surface area contributed by atoms with E-state index in [-0.39, 0.29) is 0 Å². The number of hydrogen-bond donors (Lipinski definition) is 0. The van der Waals surface area contributed by atoms with Crippen LogP contribution in [0.5, 0.6) is 0 Å². The summed E-state index contributed by atoms with van der Waals surface area (Å²) < 4.78 is 0. The van der Waals surface area contributed by atoms with Crippen molar-refractivity contribution in [3.63, 3.8) is 0 Å². The monoisotopic (exact) mass is 366 g/mol. The summed E-state index contributed by atoms with van der Waals surface area (Å²) in [5.41, 5.74) is 7.08. The van der Waals surface area contributed by atoms with Gasteiger partial charge in [-0.1, -0.05) is 112 Å². The van der Waals surface area contributed by atoms with Gasteiger partial charge in [-0.15, -0.1) is 0 Å². The molecule has 0 aromatic heterocycles. The Morgan fingerprint density at radius 1 is 0.667 bits per heavy atom. The summed E-state index contributed by atoms with van der Waals surface area (Å²) in [4.78, 5) is 0. The van der Waals surface area contributed by atoms with E-state index in [0.29, 0.717) is 0 Å². The Labute approximate surface area is 164 Å². The van der Waals surface area contributed by atoms with Gasteiger partial charge in [-0.3, -0.25) is 0 Å². The first-order chi connectivity index (χ1) is 13.1. The zero-order chi connectivity index (χ0) is 18.8. The van der Waals surface area contributed by atoms with Crippen LogP contribution < -0.4 is 10.4 Å². The van der Waals surface area contributed by atoms with Gasteiger partial charge >= 0.3 is 0 Å². The van der Waals surface area contributed by atoms with Crippen LogP contribution in [-0.4, -0.2) is 8.80 Å². The lowest BCUT2D eigenvalue weighted by Gasteiger charge is -2.20. The van der Waals surface area contributed by atoms with E-state index in [0.717, 1.165) is 6.42 Å². The fourth-order valence-corrected chi connectivity index (χ4v) is 7.63. The second kappa shape index (κ2) is 7.54. The van der Waals surface area contributed by atoms with Gasteiger partial charge in [0.15, 0.2) is 0 Å². The molecule has 0 nitrogen and oxygen atoms in total. The molecule has 0 saturated carbocycles. The molecule has 0 radical (unpaired) electrons. The minimum atomic E-state index is -1.44. The molecule has 0 heterocycles. The predicted octanol–water partition coefficient (Wildman–Crippen LogP) is 4.99. The average molecular weight is 367 g/mol. The third-order valence-electron chi connectivity index (χ3n) is 5.56. The highest BCUT2D eigenvalue weighted by Gasteiger charge is 2.26. The molecule has 1 aliphatic rings. The molecule has 27 heavy (non-hydrogen) atoms. The molecule has 0 amide bonds. The molecular formula is C26H26Si. The van der Waals surface area contributed by atoms with Gasteiger partial charge in [0, 0.05) is 0 Å². The number of allylic oxidation sites excluding steroid dienone is 4. The van der Waals surface area contributed by atoms with Crippen LogP contribution in [0.2, 0.25) is 0 Å². The van der Waals surface area contributed by atoms with Gasteiger partial charge in [-0.2, -0.15) is 0 Å². The van der Waals surface area contributed by atoms with E-state index in [1.807, 2.05) is 0 Å². The molecule has 4 rings (SSSR count). The van der Waals surface area contributed by atoms with Gasteiger partial charge in [0.1, 0.15) is 8.80 Å². The summed E-state index contributed by atoms with van der Waals surface area (Å²) in [5.74, 6) is 0. The zero-order valence-electron chi connectivity index (χ0n) is 16.4. The van der Waals surface area contributed by atoms with Crippen LogP contribution in [0, 0.1) is 13.8 Å². The first-order valence-electron chi connectivity index (χ1n) is 9.72. The van der Waals surface area contributed by atoms with Crippen molar-refractivity contribution in [2.24, 2.45) is 0 Å². The molecule has 1 aliphatic carbocycles. The van der Waals surface area contributed by atoms with Crippen molar-refractivity contribution in [3.8, 4) is 0 Å². The zero-order valence-corrected chi connectivity index (χ0v) is 17.5. The Morgan fingerprint density at radius 2 is 1.19 bits per heavy atom. The summed E-state index contributed by atoms with van der Waals surface area (Å²) in [6.45, 7) is 6.72. The number of benzene rings is 3. The van der Waals surface area contributed by atoms with Gasteiger partial charge in [-0.25, -0.2) is 0 Å². The summed E-state index contributed by atoms with van der Waals surface area (Å²) in [6.07, 6.45) is 3.55. The standard InChI is InChI=1S/C26H26Si/c1-19-16-20(2)18-22(17-19)25-14-15-26(21(25)3)27(23-10-6-4-7-11-23)24-12-8-5-9-13-24/h4-13,15-18,27H,14H2,1-3H3. The minimum Gasteiger partial charge on any atom is -0.0801 e. The van der Waals surface area contributed by atoms with E-state index in [4.69, 9.17) is 0 Å². The van der Waals surface area contributed by atoms with Crippen LogP contribution in [0.3, 0.4) is 0 Å². The average Bonchev–Trinajstić information content (AvgIpc) is 3.04. The third kappa shape index (κ3) is 3.61. The molecule has 3 aromatic rings. The first-order valence-corrected chi connectivity index (χ1v) is 11.5. The van der Waals surface area contributed by atoms with E-state index < -0.39 is 8.80 Å². The normalized spacial score (nSPS) is 14.0. The Morgan fingerprint density at radius 3 is 1.70 bits per heavy atom. The molecule has 0 saturated heterocycles. The van der Waals surface area contributed by atoms with Crippen molar-refractivity contribution >= 4 is 24.7 Å². The van der Waals surface area contributed by atoms with Crippen molar-refractivity contribution in [2.75, 3.05) is 0 Å². The summed E-state index contributed by atoms with van der Waals surface area (Å²) in [5, 5.41) is 4.58. The van der Waals surface area contributed by atoms with Gasteiger partial charge in [0.25, 0.3) is 0 Å². The van der Waals surface area contributed by atoms with E-state index in [2.05, 4.69) is 106 Å². The molecular weight excluding hydrogens is 340 g/mol. The van der Waals surface area contributed by atoms with Crippen LogP contribution in [0.25, 0.3) is 5.57 Å². The topological polar surface area (TPSA) is 0 Å². The van der Waals surface area contributed by atoms with E-state index in [1.54, 1.807) is 5.20 Å². The van der Waals surface area contributed by atoms with Gasteiger partial charge in [0.05, 0.1) is 0 Å². The van der Waals surface area contributed by atoms with Crippen molar-refractivity contribution in [3.05, 3.63) is 112 Å². The van der Waals surface area contributed by atoms with Crippen molar-refractivity contribution < 1.29 is 0 Å². The van der Waals surface area contributed by atoms with Crippen LogP contribution in [0.15, 0.2) is 95.7 Å². The molecule has 0 spiro atoms. The van der Waals surface area contributed by atoms with Crippen LogP contribution in [-0.2, 0) is 0 Å². The lowest BCUT2D eigenvalue weighted by molar-refractivity contribution is 1.33. The molecule has 0 aliphatic heterocycles. The maximum Gasteiger partial charge on any atom is 0.132 e. The first kappa shape index (κ1) is 17.8. The molecule has 0 bridgehead atoms. The van der Waals surface area contributed by atoms with Gasteiger partial charge in [0.2, 0.25) is 0 Å². The second-order valence-corrected chi connectivity index (χ2v) is 10.4. The van der Waals surface area contributed by atoms with E-state index in [1.165, 1.54) is 38.2 Å². The van der Waals surface area contributed by atoms with Crippen LogP contribution >= 0.6 is 0 Å². The lowest BCUT2D eigenvalue weighted by Crippen LogP contribution is -2.44. The fourth-order valence-electron chi connectivity index (χ4n) is 4.35. The van der Waals surface area contributed by atoms with Gasteiger partial charge < -0.3 is 0 Å². The summed E-state index contributed by atoms with van der Waals surface area (Å²) in [6, 6.07) is 29.1. The van der Waals surface area contributed by atoms with Crippen LogP contribution in [0.4, 0.5) is 0 Å². The third-order valence-corrected chi connectivity index (χ3v) is 8.95. The van der Waals surface area contributed by atoms with E-state index in [9.17, 15) is 0 Å². The lowest BCUT2D eigenvalue weighted by atomic mass is 9.98. The van der Waals surface area contributed by atoms with Crippen LogP contribution in [0.1, 0.15) is 30.0 Å². The molecule has 3 aromatic carbocycles. The molecule has 1 heteroatoms. The maximum absolute atomic E-state index is 2.50. The Bertz CT molecular complexity index is 951. The van der Waals surface area contributed by atoms with E-state index >= 15 is 0 Å². The van der Waals surface area contributed by atoms with Crippen molar-refractivity contribution in [1.82, 2.24) is 0 Å². The smallest absolute Gasteiger partial charge is 0.0801 e. The quantitative estimate of drug-likeness (QED) is 0.571. The van der Waals surface area contributed by atoms with Gasteiger partial charge in [-0.05, 0) is 43.9 Å². The Kier molecular flexibility index (Phi) is 4.96. The Hall–Kier alpha value is -2.64. The van der Waals surface area contributed by atoms with Crippen molar-refractivity contribution in [1.29, 1.82) is 0 Å². The highest BCUT2D eigenvalue weighted by atomic mass is 28.3. The highest BCUT2D eigenvalue weighted by molar-refractivity contribution is 6.91. The predicted molar refractivity (Wildman–Crippen MR) is 121 cm³/mol. The molecule has 0 N–H and O–H groups in total. The second-order valence-electron chi connectivity index (χ2n) is 7.60. The SMILES string of the molecule is CC1=C(c2cc(C)cc(C)c2)CC=C1[SiH](c1ccccc1)c1ccccc1. The fraction of sp³-hybridized carbons (Fsp3) is 0.154. The summed E-state index contributed by atoms with van der Waals surface area (Å²) >= 11 is 0. The molecule has 0 unspecified atom stereocenters. The summed E-state index contributed by atoms with van der Waals surface area (Å²) in [7, 11) is -1.44. The maximum atomic E-state index is 2.50. The number of rotatable bonds is 4. The Balaban J connectivity index is 1.81. The molecule has 134 valence electrons. The largest absolute Gasteiger partial charge is 0.132 e. The molecule has 0 atom stereocenters. The van der Waals surface area contributed by atoms with Crippen molar-refractivity contribution in [2.45, 2.75) is 27.2 Å². The minimum absolute atomic E-state index is 1.05. The molecule has 0 fully saturated rings. The highest BCUT2D eigenvalue weighted by Crippen LogP contribution is 2.35.